The summed E-state index contributed by atoms with van der Waals surface area (Å²) >= 11 is 0. The minimum Gasteiger partial charge on any atom is -0.340 e. The molecule has 0 aliphatic heterocycles. The first-order valence-corrected chi connectivity index (χ1v) is 9.00. The van der Waals surface area contributed by atoms with Crippen molar-refractivity contribution in [3.8, 4) is 5.69 Å². The number of fused-ring (bicyclic) bond motifs is 1. The van der Waals surface area contributed by atoms with Crippen molar-refractivity contribution in [2.75, 3.05) is 7.05 Å². The third-order valence-corrected chi connectivity index (χ3v) is 4.65. The molecule has 0 bridgehead atoms. The Bertz CT molecular complexity index is 1230. The fourth-order valence-corrected chi connectivity index (χ4v) is 3.06. The van der Waals surface area contributed by atoms with Gasteiger partial charge in [-0.25, -0.2) is 14.1 Å². The lowest BCUT2D eigenvalue weighted by Crippen LogP contribution is -2.33. The highest BCUT2D eigenvalue weighted by molar-refractivity contribution is 5.77. The number of benzene rings is 2. The molecule has 0 saturated heterocycles. The normalized spacial score (nSPS) is 11.0. The summed E-state index contributed by atoms with van der Waals surface area (Å²) in [7, 11) is 1.57. The Kier molecular flexibility index (Phi) is 4.90. The second kappa shape index (κ2) is 7.67. The molecule has 146 valence electrons. The first-order chi connectivity index (χ1) is 14.0. The number of likely N-dealkylation sites (N-methyl/N-ethyl adjacent to an activating group) is 1. The second-order valence-electron chi connectivity index (χ2n) is 6.65. The number of hydrogen-bond donors (Lipinski definition) is 0. The number of para-hydroxylation sites is 1. The molecular weight excluding hydrogens is 373 g/mol. The van der Waals surface area contributed by atoms with Gasteiger partial charge in [0.25, 0.3) is 5.56 Å². The molecule has 7 nitrogen and oxygen atoms in total. The Morgan fingerprint density at radius 1 is 1.10 bits per heavy atom. The molecule has 0 unspecified atom stereocenters. The number of rotatable bonds is 5. The van der Waals surface area contributed by atoms with Crippen LogP contribution in [-0.2, 0) is 17.9 Å². The van der Waals surface area contributed by atoms with Crippen LogP contribution in [0.25, 0.3) is 16.7 Å². The Balaban J connectivity index is 1.57. The van der Waals surface area contributed by atoms with Crippen molar-refractivity contribution in [3.63, 3.8) is 0 Å². The van der Waals surface area contributed by atoms with Crippen LogP contribution in [0.4, 0.5) is 4.39 Å². The molecule has 0 saturated carbocycles. The summed E-state index contributed by atoms with van der Waals surface area (Å²) in [6.07, 6.45) is 2.78. The number of halogens is 1. The summed E-state index contributed by atoms with van der Waals surface area (Å²) in [5.41, 5.74) is 1.26. The van der Waals surface area contributed by atoms with Gasteiger partial charge in [0.1, 0.15) is 24.1 Å². The van der Waals surface area contributed by atoms with Gasteiger partial charge in [0, 0.05) is 19.2 Å². The summed E-state index contributed by atoms with van der Waals surface area (Å²) in [5, 5.41) is 4.57. The van der Waals surface area contributed by atoms with Gasteiger partial charge in [0.15, 0.2) is 5.65 Å². The minimum absolute atomic E-state index is 0.113. The summed E-state index contributed by atoms with van der Waals surface area (Å²) in [6.45, 7) is -0.0783. The Hall–Kier alpha value is -3.81. The molecule has 2 aromatic carbocycles. The molecule has 0 fully saturated rings. The summed E-state index contributed by atoms with van der Waals surface area (Å²) in [5.74, 6) is -0.701. The SMILES string of the molecule is CN(Cc1ccccc1F)C(=O)Cn1cnc2c(cnn2-c2ccccc2)c1=O. The van der Waals surface area contributed by atoms with Gasteiger partial charge in [-0.3, -0.25) is 14.2 Å². The van der Waals surface area contributed by atoms with E-state index in [9.17, 15) is 14.0 Å². The molecule has 0 radical (unpaired) electrons. The second-order valence-corrected chi connectivity index (χ2v) is 6.65. The van der Waals surface area contributed by atoms with Gasteiger partial charge in [0.05, 0.1) is 11.9 Å². The molecule has 0 aliphatic carbocycles. The molecule has 0 N–H and O–H groups in total. The number of carbonyl (C=O) groups is 1. The van der Waals surface area contributed by atoms with E-state index in [0.29, 0.717) is 16.6 Å². The third-order valence-electron chi connectivity index (χ3n) is 4.65. The summed E-state index contributed by atoms with van der Waals surface area (Å²) in [6, 6.07) is 15.6. The van der Waals surface area contributed by atoms with Crippen molar-refractivity contribution in [2.24, 2.45) is 0 Å². The molecule has 0 atom stereocenters. The first kappa shape index (κ1) is 18.5. The van der Waals surface area contributed by atoms with Gasteiger partial charge in [-0.2, -0.15) is 5.10 Å². The average Bonchev–Trinajstić information content (AvgIpc) is 3.17. The third kappa shape index (κ3) is 3.64. The van der Waals surface area contributed by atoms with Crippen LogP contribution < -0.4 is 5.56 Å². The lowest BCUT2D eigenvalue weighted by Gasteiger charge is -2.18. The largest absolute Gasteiger partial charge is 0.340 e. The zero-order valence-corrected chi connectivity index (χ0v) is 15.7. The lowest BCUT2D eigenvalue weighted by atomic mass is 10.2. The highest BCUT2D eigenvalue weighted by Crippen LogP contribution is 2.13. The lowest BCUT2D eigenvalue weighted by molar-refractivity contribution is -0.131. The predicted molar refractivity (Wildman–Crippen MR) is 106 cm³/mol. The first-order valence-electron chi connectivity index (χ1n) is 9.00. The van der Waals surface area contributed by atoms with Crippen LogP contribution in [0, 0.1) is 5.82 Å². The number of aromatic nitrogens is 4. The maximum absolute atomic E-state index is 13.8. The van der Waals surface area contributed by atoms with E-state index in [1.165, 1.54) is 28.1 Å². The van der Waals surface area contributed by atoms with E-state index in [2.05, 4.69) is 10.1 Å². The molecule has 4 rings (SSSR count). The fraction of sp³-hybridized carbons (Fsp3) is 0.143. The van der Waals surface area contributed by atoms with Crippen LogP contribution in [0.5, 0.6) is 0 Å². The Morgan fingerprint density at radius 3 is 2.59 bits per heavy atom. The zero-order chi connectivity index (χ0) is 20.4. The minimum atomic E-state index is -0.374. The average molecular weight is 391 g/mol. The molecular formula is C21H18FN5O2. The van der Waals surface area contributed by atoms with Gasteiger partial charge < -0.3 is 4.90 Å². The van der Waals surface area contributed by atoms with Crippen LogP contribution in [0.2, 0.25) is 0 Å². The van der Waals surface area contributed by atoms with Crippen molar-refractivity contribution in [3.05, 3.63) is 88.9 Å². The number of hydrogen-bond acceptors (Lipinski definition) is 4. The van der Waals surface area contributed by atoms with Crippen LogP contribution in [0.15, 0.2) is 71.9 Å². The number of carbonyl (C=O) groups excluding carboxylic acids is 1. The standard InChI is InChI=1S/C21H18FN5O2/c1-25(12-15-7-5-6-10-18(15)22)19(28)13-26-14-23-20-17(21(26)29)11-24-27(20)16-8-3-2-4-9-16/h2-11,14H,12-13H2,1H3. The van der Waals surface area contributed by atoms with Crippen LogP contribution in [0.1, 0.15) is 5.56 Å². The zero-order valence-electron chi connectivity index (χ0n) is 15.7. The van der Waals surface area contributed by atoms with Gasteiger partial charge in [-0.05, 0) is 18.2 Å². The van der Waals surface area contributed by atoms with Gasteiger partial charge >= 0.3 is 0 Å². The van der Waals surface area contributed by atoms with Crippen molar-refractivity contribution < 1.29 is 9.18 Å². The van der Waals surface area contributed by atoms with Crippen LogP contribution in [-0.4, -0.2) is 37.2 Å². The van der Waals surface area contributed by atoms with Gasteiger partial charge in [-0.15, -0.1) is 0 Å². The molecule has 8 heteroatoms. The Labute approximate surface area is 165 Å². The van der Waals surface area contributed by atoms with Crippen molar-refractivity contribution >= 4 is 16.9 Å². The van der Waals surface area contributed by atoms with E-state index in [1.54, 1.807) is 29.9 Å². The highest BCUT2D eigenvalue weighted by Gasteiger charge is 2.16. The van der Waals surface area contributed by atoms with Gasteiger partial charge in [-0.1, -0.05) is 36.4 Å². The molecule has 29 heavy (non-hydrogen) atoms. The molecule has 0 aliphatic rings. The topological polar surface area (TPSA) is 73.0 Å². The molecule has 2 aromatic heterocycles. The molecule has 1 amide bonds. The van der Waals surface area contributed by atoms with E-state index >= 15 is 0 Å². The number of amides is 1. The summed E-state index contributed by atoms with van der Waals surface area (Å²) < 4.78 is 16.6. The Morgan fingerprint density at radius 2 is 1.83 bits per heavy atom. The predicted octanol–water partition coefficient (Wildman–Crippen LogP) is 2.38. The maximum Gasteiger partial charge on any atom is 0.264 e. The van der Waals surface area contributed by atoms with Crippen LogP contribution in [0.3, 0.4) is 0 Å². The maximum atomic E-state index is 13.8. The molecule has 2 heterocycles. The van der Waals surface area contributed by atoms with E-state index in [4.69, 9.17) is 0 Å². The van der Waals surface area contributed by atoms with Crippen molar-refractivity contribution in [2.45, 2.75) is 13.1 Å². The monoisotopic (exact) mass is 391 g/mol. The van der Waals surface area contributed by atoms with E-state index in [0.717, 1.165) is 5.69 Å². The molecule has 0 spiro atoms. The fourth-order valence-electron chi connectivity index (χ4n) is 3.06. The highest BCUT2D eigenvalue weighted by atomic mass is 19.1. The quantitative estimate of drug-likeness (QED) is 0.524. The van der Waals surface area contributed by atoms with Crippen molar-refractivity contribution in [1.82, 2.24) is 24.2 Å². The van der Waals surface area contributed by atoms with E-state index in [1.807, 2.05) is 30.3 Å². The van der Waals surface area contributed by atoms with Gasteiger partial charge in [0.2, 0.25) is 5.91 Å². The smallest absolute Gasteiger partial charge is 0.264 e. The molecule has 4 aromatic rings. The van der Waals surface area contributed by atoms with E-state index in [-0.39, 0.29) is 30.4 Å². The van der Waals surface area contributed by atoms with E-state index < -0.39 is 0 Å². The number of nitrogens with zero attached hydrogens (tertiary/aromatic N) is 5. The van der Waals surface area contributed by atoms with Crippen molar-refractivity contribution in [1.29, 1.82) is 0 Å². The van der Waals surface area contributed by atoms with Crippen LogP contribution >= 0.6 is 0 Å². The summed E-state index contributed by atoms with van der Waals surface area (Å²) in [4.78, 5) is 31.0.